The molecule has 0 bridgehead atoms. The first-order valence-electron chi connectivity index (χ1n) is 6.67. The van der Waals surface area contributed by atoms with Gasteiger partial charge in [0, 0.05) is 24.8 Å². The number of rotatable bonds is 4. The molecule has 2 aromatic rings. The quantitative estimate of drug-likeness (QED) is 0.671. The van der Waals surface area contributed by atoms with E-state index in [2.05, 4.69) is 4.98 Å². The van der Waals surface area contributed by atoms with Crippen molar-refractivity contribution < 1.29 is 4.39 Å². The number of benzene rings is 1. The fourth-order valence-electron chi connectivity index (χ4n) is 2.41. The van der Waals surface area contributed by atoms with Gasteiger partial charge in [0.1, 0.15) is 11.7 Å². The van der Waals surface area contributed by atoms with E-state index < -0.39 is 0 Å². The Balaban J connectivity index is 2.41. The molecule has 5 heteroatoms. The van der Waals surface area contributed by atoms with Crippen LogP contribution in [-0.2, 0) is 6.54 Å². The van der Waals surface area contributed by atoms with E-state index in [9.17, 15) is 4.39 Å². The number of hydrogen-bond donors (Lipinski definition) is 2. The van der Waals surface area contributed by atoms with Crippen LogP contribution in [0.15, 0.2) is 30.3 Å². The summed E-state index contributed by atoms with van der Waals surface area (Å²) in [6.45, 7) is 4.11. The summed E-state index contributed by atoms with van der Waals surface area (Å²) < 4.78 is 13.8. The zero-order chi connectivity index (χ0) is 15.6. The van der Waals surface area contributed by atoms with Gasteiger partial charge in [0.15, 0.2) is 0 Å². The summed E-state index contributed by atoms with van der Waals surface area (Å²) in [5.74, 6) is -0.272. The number of nitrogens with two attached hydrogens (primary N) is 1. The minimum atomic E-state index is -0.240. The maximum absolute atomic E-state index is 13.8. The number of anilines is 1. The lowest BCUT2D eigenvalue weighted by atomic mass is 10.1. The molecule has 0 atom stereocenters. The first kappa shape index (κ1) is 15.0. The predicted octanol–water partition coefficient (Wildman–Crippen LogP) is 2.76. The third kappa shape index (κ3) is 3.18. The Morgan fingerprint density at radius 3 is 2.62 bits per heavy atom. The lowest BCUT2D eigenvalue weighted by molar-refractivity contribution is 0.608. The summed E-state index contributed by atoms with van der Waals surface area (Å²) in [5.41, 5.74) is 9.20. The molecule has 0 saturated heterocycles. The van der Waals surface area contributed by atoms with Crippen LogP contribution in [0.5, 0.6) is 0 Å². The van der Waals surface area contributed by atoms with Gasteiger partial charge < -0.3 is 10.6 Å². The van der Waals surface area contributed by atoms with Gasteiger partial charge in [-0.15, -0.1) is 0 Å². The van der Waals surface area contributed by atoms with Crippen molar-refractivity contribution in [2.24, 2.45) is 5.73 Å². The Labute approximate surface area is 123 Å². The molecule has 0 saturated carbocycles. The highest BCUT2D eigenvalue weighted by molar-refractivity contribution is 6.01. The summed E-state index contributed by atoms with van der Waals surface area (Å²) in [6.07, 6.45) is 0. The molecule has 0 aliphatic heterocycles. The average molecular weight is 286 g/mol. The molecule has 21 heavy (non-hydrogen) atoms. The van der Waals surface area contributed by atoms with Crippen molar-refractivity contribution >= 4 is 11.5 Å². The lowest BCUT2D eigenvalue weighted by Crippen LogP contribution is -2.24. The number of nitrogen functional groups attached to an aromatic ring is 1. The van der Waals surface area contributed by atoms with Crippen molar-refractivity contribution in [2.45, 2.75) is 20.4 Å². The molecule has 1 heterocycles. The van der Waals surface area contributed by atoms with E-state index in [1.165, 1.54) is 6.07 Å². The SMILES string of the molecule is Cc1cc(N(C)Cc2ccccc2F)c(C(=N)N)c(C)n1. The van der Waals surface area contributed by atoms with Crippen molar-refractivity contribution in [3.8, 4) is 0 Å². The number of halogens is 1. The second-order valence-electron chi connectivity index (χ2n) is 5.10. The number of aromatic nitrogens is 1. The lowest BCUT2D eigenvalue weighted by Gasteiger charge is -2.24. The maximum atomic E-state index is 13.8. The number of hydrogen-bond acceptors (Lipinski definition) is 3. The minimum absolute atomic E-state index is 0.0321. The van der Waals surface area contributed by atoms with Crippen LogP contribution >= 0.6 is 0 Å². The van der Waals surface area contributed by atoms with Crippen LogP contribution in [0.4, 0.5) is 10.1 Å². The van der Waals surface area contributed by atoms with Crippen molar-refractivity contribution in [1.29, 1.82) is 5.41 Å². The number of amidine groups is 1. The normalized spacial score (nSPS) is 10.5. The molecular weight excluding hydrogens is 267 g/mol. The van der Waals surface area contributed by atoms with Gasteiger partial charge in [-0.25, -0.2) is 4.39 Å². The van der Waals surface area contributed by atoms with E-state index >= 15 is 0 Å². The van der Waals surface area contributed by atoms with E-state index in [1.807, 2.05) is 31.9 Å². The molecule has 3 N–H and O–H groups in total. The van der Waals surface area contributed by atoms with Crippen molar-refractivity contribution in [1.82, 2.24) is 4.98 Å². The van der Waals surface area contributed by atoms with E-state index in [0.29, 0.717) is 23.4 Å². The van der Waals surface area contributed by atoms with Gasteiger partial charge in [0.05, 0.1) is 16.9 Å². The highest BCUT2D eigenvalue weighted by Crippen LogP contribution is 2.24. The van der Waals surface area contributed by atoms with Gasteiger partial charge in [0.2, 0.25) is 0 Å². The molecule has 0 aliphatic carbocycles. The highest BCUT2D eigenvalue weighted by atomic mass is 19.1. The zero-order valence-electron chi connectivity index (χ0n) is 12.4. The van der Waals surface area contributed by atoms with Gasteiger partial charge in [-0.1, -0.05) is 18.2 Å². The molecule has 2 rings (SSSR count). The Morgan fingerprint density at radius 2 is 2.00 bits per heavy atom. The van der Waals surface area contributed by atoms with Gasteiger partial charge in [-0.05, 0) is 26.0 Å². The molecule has 4 nitrogen and oxygen atoms in total. The minimum Gasteiger partial charge on any atom is -0.384 e. The summed E-state index contributed by atoms with van der Waals surface area (Å²) >= 11 is 0. The molecule has 1 aromatic carbocycles. The van der Waals surface area contributed by atoms with Crippen LogP contribution in [0, 0.1) is 25.1 Å². The second kappa shape index (κ2) is 5.91. The molecule has 0 radical (unpaired) electrons. The number of pyridine rings is 1. The summed E-state index contributed by atoms with van der Waals surface area (Å²) in [5, 5.41) is 7.74. The Hall–Kier alpha value is -2.43. The Bertz CT molecular complexity index is 682. The molecule has 110 valence electrons. The van der Waals surface area contributed by atoms with Gasteiger partial charge in [-0.3, -0.25) is 10.4 Å². The van der Waals surface area contributed by atoms with Crippen LogP contribution in [0.3, 0.4) is 0 Å². The first-order valence-corrected chi connectivity index (χ1v) is 6.67. The molecule has 0 unspecified atom stereocenters. The van der Waals surface area contributed by atoms with E-state index in [0.717, 1.165) is 11.4 Å². The molecule has 1 aromatic heterocycles. The van der Waals surface area contributed by atoms with E-state index in [4.69, 9.17) is 11.1 Å². The summed E-state index contributed by atoms with van der Waals surface area (Å²) in [4.78, 5) is 6.23. The summed E-state index contributed by atoms with van der Waals surface area (Å²) in [7, 11) is 1.85. The Kier molecular flexibility index (Phi) is 4.21. The first-order chi connectivity index (χ1) is 9.90. The second-order valence-corrected chi connectivity index (χ2v) is 5.10. The number of nitrogens with one attached hydrogen (secondary N) is 1. The van der Waals surface area contributed by atoms with E-state index in [-0.39, 0.29) is 11.7 Å². The van der Waals surface area contributed by atoms with Crippen LogP contribution in [0.2, 0.25) is 0 Å². The van der Waals surface area contributed by atoms with Gasteiger partial charge >= 0.3 is 0 Å². The van der Waals surface area contributed by atoms with Crippen LogP contribution in [-0.4, -0.2) is 17.9 Å². The number of aryl methyl sites for hydroxylation is 2. The largest absolute Gasteiger partial charge is 0.384 e. The van der Waals surface area contributed by atoms with Crippen molar-refractivity contribution in [3.05, 3.63) is 58.7 Å². The predicted molar refractivity (Wildman–Crippen MR) is 83.2 cm³/mol. The van der Waals surface area contributed by atoms with Crippen molar-refractivity contribution in [3.63, 3.8) is 0 Å². The topological polar surface area (TPSA) is 66.0 Å². The third-order valence-electron chi connectivity index (χ3n) is 3.35. The molecule has 0 fully saturated rings. The summed E-state index contributed by atoms with van der Waals surface area (Å²) in [6, 6.07) is 8.53. The van der Waals surface area contributed by atoms with Crippen LogP contribution < -0.4 is 10.6 Å². The Morgan fingerprint density at radius 1 is 1.33 bits per heavy atom. The third-order valence-corrected chi connectivity index (χ3v) is 3.35. The van der Waals surface area contributed by atoms with Crippen LogP contribution in [0.1, 0.15) is 22.5 Å². The van der Waals surface area contributed by atoms with Crippen molar-refractivity contribution in [2.75, 3.05) is 11.9 Å². The molecular formula is C16H19FN4. The smallest absolute Gasteiger partial charge is 0.128 e. The molecule has 0 spiro atoms. The fraction of sp³-hybridized carbons (Fsp3) is 0.250. The van der Waals surface area contributed by atoms with Crippen LogP contribution in [0.25, 0.3) is 0 Å². The zero-order valence-corrected chi connectivity index (χ0v) is 12.4. The standard InChI is InChI=1S/C16H19FN4/c1-10-8-14(15(16(18)19)11(2)20-10)21(3)9-12-6-4-5-7-13(12)17/h4-8H,9H2,1-3H3,(H3,18,19). The molecule has 0 amide bonds. The monoisotopic (exact) mass is 286 g/mol. The average Bonchev–Trinajstić information content (AvgIpc) is 2.39. The number of nitrogens with zero attached hydrogens (tertiary/aromatic N) is 2. The fourth-order valence-corrected chi connectivity index (χ4v) is 2.41. The van der Waals surface area contributed by atoms with Gasteiger partial charge in [0.25, 0.3) is 0 Å². The highest BCUT2D eigenvalue weighted by Gasteiger charge is 2.15. The maximum Gasteiger partial charge on any atom is 0.128 e. The molecule has 0 aliphatic rings. The van der Waals surface area contributed by atoms with E-state index in [1.54, 1.807) is 18.2 Å². The van der Waals surface area contributed by atoms with Gasteiger partial charge in [-0.2, -0.15) is 0 Å².